The van der Waals surface area contributed by atoms with Crippen molar-refractivity contribution in [1.29, 1.82) is 0 Å². The summed E-state index contributed by atoms with van der Waals surface area (Å²) in [7, 11) is 0. The van der Waals surface area contributed by atoms with E-state index in [-0.39, 0.29) is 5.92 Å². The summed E-state index contributed by atoms with van der Waals surface area (Å²) in [6.45, 7) is 9.78. The van der Waals surface area contributed by atoms with Gasteiger partial charge in [0.2, 0.25) is 0 Å². The zero-order valence-electron chi connectivity index (χ0n) is 12.5. The average molecular weight is 253 g/mol. The molecule has 0 heterocycles. The molecule has 0 fully saturated rings. The molecule has 1 atom stereocenters. The monoisotopic (exact) mass is 253 g/mol. The van der Waals surface area contributed by atoms with Crippen LogP contribution in [0.3, 0.4) is 0 Å². The lowest BCUT2D eigenvalue weighted by atomic mass is 9.82. The first-order valence-corrected chi connectivity index (χ1v) is 6.26. The highest BCUT2D eigenvalue weighted by Crippen LogP contribution is 2.30. The Kier molecular flexibility index (Phi) is 7.16. The van der Waals surface area contributed by atoms with Crippen LogP contribution in [0.25, 0.3) is 0 Å². The zero-order valence-corrected chi connectivity index (χ0v) is 12.5. The van der Waals surface area contributed by atoms with Gasteiger partial charge < -0.3 is 5.73 Å². The summed E-state index contributed by atoms with van der Waals surface area (Å²) in [6.07, 6.45) is 17.2. The van der Waals surface area contributed by atoms with Crippen molar-refractivity contribution >= 4 is 0 Å². The standard InChI is InChI=1S/C18H23N/c1-8-11-12-14(6)18(16(9-2)13(4)5)17(10-3)15(7)19/h2-3,8,11-12,18H,19H2,1,4-7H3/b11-8-,14-12+,17-15+. The lowest BCUT2D eigenvalue weighted by Crippen LogP contribution is -2.13. The van der Waals surface area contributed by atoms with Gasteiger partial charge in [-0.3, -0.25) is 0 Å². The lowest BCUT2D eigenvalue weighted by molar-refractivity contribution is 0.860. The first kappa shape index (κ1) is 16.9. The van der Waals surface area contributed by atoms with Gasteiger partial charge >= 0.3 is 0 Å². The highest BCUT2D eigenvalue weighted by Gasteiger charge is 2.21. The molecule has 0 spiro atoms. The van der Waals surface area contributed by atoms with Crippen molar-refractivity contribution in [2.45, 2.75) is 34.6 Å². The summed E-state index contributed by atoms with van der Waals surface area (Å²) < 4.78 is 0. The molecule has 100 valence electrons. The number of rotatable bonds is 4. The van der Waals surface area contributed by atoms with Crippen LogP contribution in [-0.2, 0) is 0 Å². The Morgan fingerprint density at radius 1 is 1.05 bits per heavy atom. The van der Waals surface area contributed by atoms with Gasteiger partial charge in [0.05, 0.1) is 0 Å². The maximum Gasteiger partial charge on any atom is 0.0475 e. The van der Waals surface area contributed by atoms with E-state index in [2.05, 4.69) is 11.8 Å². The van der Waals surface area contributed by atoms with Gasteiger partial charge in [-0.1, -0.05) is 41.2 Å². The van der Waals surface area contributed by atoms with Crippen molar-refractivity contribution in [1.82, 2.24) is 0 Å². The summed E-state index contributed by atoms with van der Waals surface area (Å²) in [5.41, 5.74) is 10.3. The minimum absolute atomic E-state index is 0.110. The fourth-order valence-corrected chi connectivity index (χ4v) is 1.89. The molecule has 1 nitrogen and oxygen atoms in total. The first-order chi connectivity index (χ1) is 8.90. The van der Waals surface area contributed by atoms with E-state index in [0.29, 0.717) is 5.70 Å². The zero-order chi connectivity index (χ0) is 15.0. The van der Waals surface area contributed by atoms with Crippen LogP contribution in [-0.4, -0.2) is 0 Å². The molecule has 0 aromatic heterocycles. The topological polar surface area (TPSA) is 26.0 Å². The van der Waals surface area contributed by atoms with Gasteiger partial charge in [0, 0.05) is 22.8 Å². The van der Waals surface area contributed by atoms with Crippen LogP contribution in [0.4, 0.5) is 0 Å². The lowest BCUT2D eigenvalue weighted by Gasteiger charge is -2.21. The first-order valence-electron chi connectivity index (χ1n) is 6.26. The highest BCUT2D eigenvalue weighted by molar-refractivity contribution is 5.50. The predicted octanol–water partition coefficient (Wildman–Crippen LogP) is 3.96. The largest absolute Gasteiger partial charge is 0.401 e. The summed E-state index contributed by atoms with van der Waals surface area (Å²) in [5.74, 6) is 5.34. The molecule has 0 aliphatic heterocycles. The smallest absolute Gasteiger partial charge is 0.0475 e. The summed E-state index contributed by atoms with van der Waals surface area (Å²) >= 11 is 0. The number of hydrogen-bond donors (Lipinski definition) is 1. The van der Waals surface area contributed by atoms with Crippen molar-refractivity contribution in [3.05, 3.63) is 46.2 Å². The van der Waals surface area contributed by atoms with E-state index in [9.17, 15) is 0 Å². The quantitative estimate of drug-likeness (QED) is 0.595. The highest BCUT2D eigenvalue weighted by atomic mass is 14.6. The fourth-order valence-electron chi connectivity index (χ4n) is 1.89. The number of terminal acetylenes is 2. The second-order valence-corrected chi connectivity index (χ2v) is 4.67. The van der Waals surface area contributed by atoms with Gasteiger partial charge in [-0.2, -0.15) is 0 Å². The van der Waals surface area contributed by atoms with Crippen LogP contribution in [0.15, 0.2) is 46.2 Å². The number of hydrogen-bond acceptors (Lipinski definition) is 1. The Morgan fingerprint density at radius 2 is 1.58 bits per heavy atom. The van der Waals surface area contributed by atoms with E-state index in [1.165, 1.54) is 0 Å². The van der Waals surface area contributed by atoms with E-state index in [1.54, 1.807) is 0 Å². The van der Waals surface area contributed by atoms with Crippen molar-refractivity contribution in [3.8, 4) is 24.7 Å². The molecule has 0 aromatic carbocycles. The van der Waals surface area contributed by atoms with Crippen LogP contribution >= 0.6 is 0 Å². The molecular formula is C18H23N. The molecular weight excluding hydrogens is 230 g/mol. The Hall–Kier alpha value is -2.12. The summed E-state index contributed by atoms with van der Waals surface area (Å²) in [4.78, 5) is 0. The Morgan fingerprint density at radius 3 is 1.89 bits per heavy atom. The number of nitrogens with two attached hydrogens (primary N) is 1. The van der Waals surface area contributed by atoms with E-state index in [0.717, 1.165) is 22.3 Å². The number of allylic oxidation sites excluding steroid dienone is 8. The van der Waals surface area contributed by atoms with Gasteiger partial charge in [0.1, 0.15) is 0 Å². The van der Waals surface area contributed by atoms with Crippen molar-refractivity contribution in [3.63, 3.8) is 0 Å². The average Bonchev–Trinajstić information content (AvgIpc) is 2.35. The van der Waals surface area contributed by atoms with Crippen LogP contribution in [0.1, 0.15) is 34.6 Å². The van der Waals surface area contributed by atoms with E-state index >= 15 is 0 Å². The molecule has 0 aliphatic carbocycles. The molecule has 0 rings (SSSR count). The Bertz CT molecular complexity index is 481. The van der Waals surface area contributed by atoms with Gasteiger partial charge in [-0.15, -0.1) is 12.8 Å². The molecule has 0 amide bonds. The molecule has 0 saturated carbocycles. The van der Waals surface area contributed by atoms with Crippen LogP contribution in [0.5, 0.6) is 0 Å². The minimum atomic E-state index is -0.110. The maximum absolute atomic E-state index is 5.91. The van der Waals surface area contributed by atoms with E-state index < -0.39 is 0 Å². The van der Waals surface area contributed by atoms with Gasteiger partial charge in [-0.25, -0.2) is 0 Å². The molecule has 2 N–H and O–H groups in total. The SMILES string of the molecule is C#CC(=C(C)C)C(/C(C#C)=C(\C)N)/C(C)=C/C=C\C. The molecule has 1 heteroatoms. The molecule has 0 aromatic rings. The van der Waals surface area contributed by atoms with Crippen LogP contribution in [0, 0.1) is 30.6 Å². The Labute approximate surface area is 118 Å². The molecule has 0 aliphatic rings. The molecule has 0 saturated heterocycles. The van der Waals surface area contributed by atoms with Crippen molar-refractivity contribution in [2.75, 3.05) is 0 Å². The maximum atomic E-state index is 5.91. The summed E-state index contributed by atoms with van der Waals surface area (Å²) in [5, 5.41) is 0. The molecule has 0 bridgehead atoms. The molecule has 19 heavy (non-hydrogen) atoms. The third kappa shape index (κ3) is 4.57. The van der Waals surface area contributed by atoms with Gasteiger partial charge in [0.25, 0.3) is 0 Å². The van der Waals surface area contributed by atoms with E-state index in [4.69, 9.17) is 18.6 Å². The van der Waals surface area contributed by atoms with Crippen LogP contribution in [0.2, 0.25) is 0 Å². The molecule has 1 unspecified atom stereocenters. The fraction of sp³-hybridized carbons (Fsp3) is 0.333. The van der Waals surface area contributed by atoms with Gasteiger partial charge in [-0.05, 0) is 34.6 Å². The van der Waals surface area contributed by atoms with Crippen molar-refractivity contribution in [2.24, 2.45) is 11.7 Å². The minimum Gasteiger partial charge on any atom is -0.401 e. The second-order valence-electron chi connectivity index (χ2n) is 4.67. The van der Waals surface area contributed by atoms with Crippen molar-refractivity contribution < 1.29 is 0 Å². The summed E-state index contributed by atoms with van der Waals surface area (Å²) in [6, 6.07) is 0. The van der Waals surface area contributed by atoms with E-state index in [1.807, 2.05) is 52.8 Å². The second kappa shape index (κ2) is 8.06. The molecule has 0 radical (unpaired) electrons. The van der Waals surface area contributed by atoms with Gasteiger partial charge in [0.15, 0.2) is 0 Å². The van der Waals surface area contributed by atoms with Crippen LogP contribution < -0.4 is 5.73 Å². The predicted molar refractivity (Wildman–Crippen MR) is 85.0 cm³/mol. The third-order valence-electron chi connectivity index (χ3n) is 2.86. The third-order valence-corrected chi connectivity index (χ3v) is 2.86. The normalized spacial score (nSPS) is 14.4. The Balaban J connectivity index is 6.10.